The Morgan fingerprint density at radius 1 is 1.15 bits per heavy atom. The highest BCUT2D eigenvalue weighted by Crippen LogP contribution is 2.55. The van der Waals surface area contributed by atoms with Gasteiger partial charge in [-0.25, -0.2) is 19.9 Å². The van der Waals surface area contributed by atoms with Crippen LogP contribution in [0, 0.1) is 5.92 Å². The quantitative estimate of drug-likeness (QED) is 0.141. The first-order valence-electron chi connectivity index (χ1n) is 12.0. The molecule has 41 heavy (non-hydrogen) atoms. The van der Waals surface area contributed by atoms with E-state index in [0.29, 0.717) is 11.2 Å². The minimum absolute atomic E-state index is 0.00391. The van der Waals surface area contributed by atoms with E-state index in [1.54, 1.807) is 9.13 Å². The van der Waals surface area contributed by atoms with Crippen LogP contribution in [0.2, 0.25) is 0 Å². The molecule has 6 heterocycles. The number of hydrogen-bond donors (Lipinski definition) is 5. The van der Waals surface area contributed by atoms with Gasteiger partial charge in [0.05, 0.1) is 25.6 Å². The third-order valence-corrected chi connectivity index (χ3v) is 10.5. The molecule has 0 spiro atoms. The molecule has 220 valence electrons. The zero-order valence-electron chi connectivity index (χ0n) is 21.1. The Morgan fingerprint density at radius 3 is 2.76 bits per heavy atom. The van der Waals surface area contributed by atoms with Gasteiger partial charge in [0.2, 0.25) is 11.6 Å². The molecule has 22 heteroatoms. The van der Waals surface area contributed by atoms with E-state index in [2.05, 4.69) is 42.2 Å². The number of nitrogen functional groups attached to an aromatic ring is 2. The summed E-state index contributed by atoms with van der Waals surface area (Å²) in [4.78, 5) is 47.2. The maximum absolute atomic E-state index is 12.5. The van der Waals surface area contributed by atoms with Crippen LogP contribution in [0.3, 0.4) is 0 Å². The maximum atomic E-state index is 12.5. The van der Waals surface area contributed by atoms with E-state index in [-0.39, 0.29) is 55.1 Å². The topological polar surface area (TPSA) is 226 Å². The first-order valence-corrected chi connectivity index (χ1v) is 18.4. The number of fused-ring (bicyclic) bond motifs is 6. The summed E-state index contributed by atoms with van der Waals surface area (Å²) in [5, 5.41) is 0. The predicted octanol–water partition coefficient (Wildman–Crippen LogP) is 0.977. The molecule has 1 saturated heterocycles. The lowest BCUT2D eigenvalue weighted by Crippen LogP contribution is -2.28. The van der Waals surface area contributed by atoms with Gasteiger partial charge in [0.15, 0.2) is 28.9 Å². The summed E-state index contributed by atoms with van der Waals surface area (Å²) >= 11 is 15.4. The molecule has 0 saturated carbocycles. The van der Waals surface area contributed by atoms with Crippen molar-refractivity contribution < 1.29 is 27.7 Å². The lowest BCUT2D eigenvalue weighted by Gasteiger charge is -2.26. The highest BCUT2D eigenvalue weighted by molar-refractivity contribution is 8.60. The smallest absolute Gasteiger partial charge is 0.325 e. The van der Waals surface area contributed by atoms with Crippen molar-refractivity contribution >= 4 is 82.4 Å². The molecular formula is C19H24N10O7P2S3. The highest BCUT2D eigenvalue weighted by atomic mass is 32.9. The van der Waals surface area contributed by atoms with Gasteiger partial charge in [-0.15, -0.1) is 0 Å². The van der Waals surface area contributed by atoms with Gasteiger partial charge in [-0.2, -0.15) is 4.98 Å². The van der Waals surface area contributed by atoms with Crippen molar-refractivity contribution in [1.29, 1.82) is 0 Å². The summed E-state index contributed by atoms with van der Waals surface area (Å²) in [7, 11) is 0. The lowest BCUT2D eigenvalue weighted by atomic mass is 10.0. The number of ether oxygens (including phenoxy) is 1. The normalized spacial score (nSPS) is 31.6. The fraction of sp³-hybridized carbons (Fsp3) is 0.474. The van der Waals surface area contributed by atoms with Crippen LogP contribution in [-0.4, -0.2) is 69.4 Å². The fourth-order valence-corrected chi connectivity index (χ4v) is 7.64. The van der Waals surface area contributed by atoms with E-state index in [0.717, 1.165) is 0 Å². The number of nitrogens with one attached hydrogen (secondary N) is 1. The van der Waals surface area contributed by atoms with Crippen LogP contribution in [0.1, 0.15) is 19.0 Å². The second-order valence-corrected chi connectivity index (χ2v) is 17.3. The number of H-pyrrole nitrogens is 1. The fourth-order valence-electron chi connectivity index (χ4n) is 4.66. The molecule has 2 aliphatic rings. The number of nitrogens with zero attached hydrogens (tertiary/aromatic N) is 7. The van der Waals surface area contributed by atoms with E-state index in [9.17, 15) is 9.69 Å². The number of aromatic amines is 1. The predicted molar refractivity (Wildman–Crippen MR) is 157 cm³/mol. The summed E-state index contributed by atoms with van der Waals surface area (Å²) in [5.74, 6) is -0.0804. The van der Waals surface area contributed by atoms with Crippen LogP contribution in [0.4, 0.5) is 11.8 Å². The van der Waals surface area contributed by atoms with Crippen molar-refractivity contribution in [2.75, 3.05) is 24.7 Å². The third-order valence-electron chi connectivity index (χ3n) is 6.65. The Bertz CT molecular complexity index is 1800. The van der Waals surface area contributed by atoms with Gasteiger partial charge in [0.1, 0.15) is 30.4 Å². The molecule has 6 atom stereocenters. The van der Waals surface area contributed by atoms with Crippen molar-refractivity contribution in [3.05, 3.63) is 28.8 Å². The molecule has 6 rings (SSSR count). The maximum Gasteiger partial charge on any atom is 0.325 e. The van der Waals surface area contributed by atoms with Gasteiger partial charge >= 0.3 is 6.72 Å². The van der Waals surface area contributed by atoms with Crippen LogP contribution < -0.4 is 17.0 Å². The average Bonchev–Trinajstić information content (AvgIpc) is 3.56. The number of aromatic nitrogens is 8. The number of imidazole rings is 2. The van der Waals surface area contributed by atoms with Crippen molar-refractivity contribution in [3.63, 3.8) is 0 Å². The third kappa shape index (κ3) is 5.66. The van der Waals surface area contributed by atoms with E-state index in [1.807, 2.05) is 6.92 Å². The van der Waals surface area contributed by atoms with Crippen molar-refractivity contribution in [3.8, 4) is 0 Å². The minimum Gasteiger partial charge on any atom is -0.382 e. The van der Waals surface area contributed by atoms with Gasteiger partial charge in [-0.1, -0.05) is 19.2 Å². The van der Waals surface area contributed by atoms with Crippen LogP contribution in [0.15, 0.2) is 17.4 Å². The Kier molecular flexibility index (Phi) is 7.69. The first-order chi connectivity index (χ1) is 19.4. The van der Waals surface area contributed by atoms with Crippen LogP contribution >= 0.6 is 24.7 Å². The molecule has 0 aromatic carbocycles. The number of hydrogen-bond acceptors (Lipinski definition) is 15. The molecule has 0 aliphatic carbocycles. The molecule has 4 aromatic rings. The van der Waals surface area contributed by atoms with Gasteiger partial charge < -0.3 is 43.8 Å². The Labute approximate surface area is 246 Å². The molecular weight excluding hydrogens is 638 g/mol. The van der Waals surface area contributed by atoms with Crippen LogP contribution in [0.25, 0.3) is 22.3 Å². The number of anilines is 2. The average molecular weight is 663 g/mol. The molecule has 0 radical (unpaired) electrons. The molecule has 17 nitrogen and oxygen atoms in total. The van der Waals surface area contributed by atoms with E-state index >= 15 is 0 Å². The van der Waals surface area contributed by atoms with Gasteiger partial charge in [-0.3, -0.25) is 14.3 Å². The van der Waals surface area contributed by atoms with Crippen LogP contribution in [-0.2, 0) is 59.6 Å². The zero-order valence-corrected chi connectivity index (χ0v) is 25.4. The van der Waals surface area contributed by atoms with Gasteiger partial charge in [0.25, 0.3) is 5.56 Å². The van der Waals surface area contributed by atoms with Gasteiger partial charge in [0, 0.05) is 12.5 Å². The summed E-state index contributed by atoms with van der Waals surface area (Å²) in [6.07, 6.45) is 0.504. The van der Waals surface area contributed by atoms with Gasteiger partial charge in [-0.05, 0) is 23.6 Å². The summed E-state index contributed by atoms with van der Waals surface area (Å²) < 4.78 is 33.0. The Hall–Kier alpha value is -2.09. The molecule has 4 aromatic heterocycles. The minimum atomic E-state index is -3.94. The molecule has 2 aliphatic heterocycles. The molecule has 2 bridgehead atoms. The Morgan fingerprint density at radius 2 is 1.95 bits per heavy atom. The number of nitrogens with two attached hydrogens (primary N) is 2. The zero-order chi connectivity index (χ0) is 29.1. The van der Waals surface area contributed by atoms with Crippen molar-refractivity contribution in [1.82, 2.24) is 39.0 Å². The summed E-state index contributed by atoms with van der Waals surface area (Å²) in [6.45, 7) is -2.23. The summed E-state index contributed by atoms with van der Waals surface area (Å²) in [6, 6.07) is 0. The second-order valence-electron chi connectivity index (χ2n) is 9.22. The van der Waals surface area contributed by atoms with Crippen molar-refractivity contribution in [2.24, 2.45) is 5.92 Å². The van der Waals surface area contributed by atoms with E-state index in [4.69, 9.17) is 57.9 Å². The number of thiol groups is 1. The van der Waals surface area contributed by atoms with E-state index in [1.165, 1.54) is 12.7 Å². The largest absolute Gasteiger partial charge is 0.382 e. The SMILES string of the molecule is C[C@H]1[C@H]2OP(O)(=S)OCc3nc4c(=O)[nH]c(N)nc4n3CCOP(=S)(S)OC[C@H]1O[C@H]2n1cnc2c(N)ncnc21. The number of rotatable bonds is 1. The first kappa shape index (κ1) is 29.0. The van der Waals surface area contributed by atoms with E-state index < -0.39 is 42.3 Å². The monoisotopic (exact) mass is 662 g/mol. The summed E-state index contributed by atoms with van der Waals surface area (Å²) in [5.41, 5.74) is 9.09. The lowest BCUT2D eigenvalue weighted by molar-refractivity contribution is -0.0441. The second kappa shape index (κ2) is 10.9. The Balaban J connectivity index is 1.38. The molecule has 2 unspecified atom stereocenters. The standard InChI is InChI=1S/C19H24N10O7P2S3/c1-8-9-4-34-38(40,41)32-3-2-28-10(25-12-16(28)26-19(21)27-17(12)30)5-33-37(31,39)36-13(8)18(35-9)29-7-24-11-14(20)22-6-23-15(11)29/h6-9,13,18H,2-5H2,1H3,(H,31,39)(H,40,41)(H2,20,22,23)(H3,21,26,27,30)/t8-,9-,13-,18-,37?/m1/s1. The molecule has 0 amide bonds. The van der Waals surface area contributed by atoms with Crippen LogP contribution in [0.5, 0.6) is 0 Å². The molecule has 6 N–H and O–H groups in total. The highest BCUT2D eigenvalue weighted by Gasteiger charge is 2.47. The molecule has 1 fully saturated rings. The van der Waals surface area contributed by atoms with Crippen molar-refractivity contribution in [2.45, 2.75) is 38.5 Å².